The van der Waals surface area contributed by atoms with Gasteiger partial charge in [0.2, 0.25) is 0 Å². The van der Waals surface area contributed by atoms with Crippen LogP contribution < -0.4 is 5.69 Å². The maximum absolute atomic E-state index is 12.0. The number of hydrogen-bond donors (Lipinski definition) is 0. The minimum Gasteiger partial charge on any atom is -0.259 e. The van der Waals surface area contributed by atoms with Crippen molar-refractivity contribution in [3.05, 3.63) is 63.4 Å². The lowest BCUT2D eigenvalue weighted by Gasteiger charge is -2.00. The molecule has 2 heterocycles. The van der Waals surface area contributed by atoms with Crippen molar-refractivity contribution in [1.29, 1.82) is 0 Å². The van der Waals surface area contributed by atoms with Crippen LogP contribution in [0.1, 0.15) is 5.56 Å². The van der Waals surface area contributed by atoms with Crippen molar-refractivity contribution in [2.75, 3.05) is 0 Å². The second kappa shape index (κ2) is 4.38. The van der Waals surface area contributed by atoms with Crippen LogP contribution in [0.4, 0.5) is 0 Å². The van der Waals surface area contributed by atoms with Gasteiger partial charge in [0.25, 0.3) is 0 Å². The number of aromatic nitrogens is 4. The van der Waals surface area contributed by atoms with Gasteiger partial charge in [-0.05, 0) is 17.7 Å². The second-order valence-electron chi connectivity index (χ2n) is 3.87. The van der Waals surface area contributed by atoms with Crippen molar-refractivity contribution in [2.45, 2.75) is 6.54 Å². The van der Waals surface area contributed by atoms with Gasteiger partial charge < -0.3 is 0 Å². The van der Waals surface area contributed by atoms with Crippen molar-refractivity contribution < 1.29 is 0 Å². The standard InChI is InChI=1S/C12H9BrN4O/c13-10-3-1-2-9(6-10)8-17-12(18)16-5-4-14-7-11(16)15-17/h1-7H,8H2. The van der Waals surface area contributed by atoms with E-state index in [0.29, 0.717) is 12.2 Å². The molecule has 0 spiro atoms. The van der Waals surface area contributed by atoms with E-state index in [0.717, 1.165) is 10.0 Å². The molecular formula is C12H9BrN4O. The molecule has 3 aromatic rings. The fourth-order valence-electron chi connectivity index (χ4n) is 1.79. The highest BCUT2D eigenvalue weighted by Crippen LogP contribution is 2.12. The van der Waals surface area contributed by atoms with Gasteiger partial charge in [-0.3, -0.25) is 4.98 Å². The molecule has 0 amide bonds. The van der Waals surface area contributed by atoms with E-state index < -0.39 is 0 Å². The molecule has 0 aliphatic carbocycles. The number of benzene rings is 1. The van der Waals surface area contributed by atoms with Gasteiger partial charge in [0.05, 0.1) is 12.7 Å². The lowest BCUT2D eigenvalue weighted by Crippen LogP contribution is -2.21. The zero-order chi connectivity index (χ0) is 12.5. The molecule has 0 N–H and O–H groups in total. The Bertz CT molecular complexity index is 762. The van der Waals surface area contributed by atoms with Crippen LogP contribution >= 0.6 is 15.9 Å². The fourth-order valence-corrected chi connectivity index (χ4v) is 2.24. The normalized spacial score (nSPS) is 10.9. The van der Waals surface area contributed by atoms with E-state index in [-0.39, 0.29) is 5.69 Å². The molecule has 0 fully saturated rings. The predicted molar refractivity (Wildman–Crippen MR) is 70.5 cm³/mol. The van der Waals surface area contributed by atoms with Crippen LogP contribution in [0.5, 0.6) is 0 Å². The summed E-state index contributed by atoms with van der Waals surface area (Å²) in [5.74, 6) is 0. The van der Waals surface area contributed by atoms with E-state index in [4.69, 9.17) is 0 Å². The second-order valence-corrected chi connectivity index (χ2v) is 4.79. The Labute approximate surface area is 111 Å². The largest absolute Gasteiger partial charge is 0.350 e. The topological polar surface area (TPSA) is 52.2 Å². The number of fused-ring (bicyclic) bond motifs is 1. The summed E-state index contributed by atoms with van der Waals surface area (Å²) in [6.07, 6.45) is 4.75. The number of rotatable bonds is 2. The summed E-state index contributed by atoms with van der Waals surface area (Å²) >= 11 is 3.41. The Balaban J connectivity index is 2.05. The first-order valence-electron chi connectivity index (χ1n) is 5.38. The first-order chi connectivity index (χ1) is 8.74. The van der Waals surface area contributed by atoms with E-state index in [1.807, 2.05) is 24.3 Å². The van der Waals surface area contributed by atoms with Gasteiger partial charge in [-0.1, -0.05) is 28.1 Å². The van der Waals surface area contributed by atoms with Crippen LogP contribution in [0.25, 0.3) is 5.65 Å². The molecule has 6 heteroatoms. The molecule has 2 aromatic heterocycles. The highest BCUT2D eigenvalue weighted by molar-refractivity contribution is 9.10. The average Bonchev–Trinajstić information content (AvgIpc) is 2.67. The Morgan fingerprint density at radius 3 is 3.00 bits per heavy atom. The molecule has 3 rings (SSSR count). The first kappa shape index (κ1) is 11.2. The van der Waals surface area contributed by atoms with Crippen molar-refractivity contribution in [3.63, 3.8) is 0 Å². The maximum atomic E-state index is 12.0. The summed E-state index contributed by atoms with van der Waals surface area (Å²) in [5.41, 5.74) is 1.41. The molecule has 0 radical (unpaired) electrons. The third-order valence-electron chi connectivity index (χ3n) is 2.61. The number of halogens is 1. The van der Waals surface area contributed by atoms with Crippen molar-refractivity contribution >= 4 is 21.6 Å². The lowest BCUT2D eigenvalue weighted by molar-refractivity contribution is 0.658. The Morgan fingerprint density at radius 2 is 2.22 bits per heavy atom. The van der Waals surface area contributed by atoms with Crippen LogP contribution in [0, 0.1) is 0 Å². The van der Waals surface area contributed by atoms with E-state index >= 15 is 0 Å². The van der Waals surface area contributed by atoms with Gasteiger partial charge in [0.1, 0.15) is 0 Å². The van der Waals surface area contributed by atoms with Crippen LogP contribution in [0.15, 0.2) is 52.1 Å². The number of nitrogens with zero attached hydrogens (tertiary/aromatic N) is 4. The van der Waals surface area contributed by atoms with Gasteiger partial charge in [-0.15, -0.1) is 5.10 Å². The average molecular weight is 305 g/mol. The van der Waals surface area contributed by atoms with Crippen molar-refractivity contribution in [3.8, 4) is 0 Å². The van der Waals surface area contributed by atoms with E-state index in [2.05, 4.69) is 26.0 Å². The summed E-state index contributed by atoms with van der Waals surface area (Å²) in [6, 6.07) is 7.80. The van der Waals surface area contributed by atoms with Crippen LogP contribution in [0.3, 0.4) is 0 Å². The fraction of sp³-hybridized carbons (Fsp3) is 0.0833. The Morgan fingerprint density at radius 1 is 1.33 bits per heavy atom. The van der Waals surface area contributed by atoms with Crippen LogP contribution in [0.2, 0.25) is 0 Å². The van der Waals surface area contributed by atoms with Gasteiger partial charge in [0, 0.05) is 16.9 Å². The molecule has 0 aliphatic heterocycles. The molecule has 5 nitrogen and oxygen atoms in total. The zero-order valence-corrected chi connectivity index (χ0v) is 10.9. The van der Waals surface area contributed by atoms with E-state index in [1.165, 1.54) is 9.08 Å². The third-order valence-corrected chi connectivity index (χ3v) is 3.10. The SMILES string of the molecule is O=c1n(Cc2cccc(Br)c2)nc2cnccn12. The predicted octanol–water partition coefficient (Wildman–Crippen LogP) is 1.70. The molecule has 0 atom stereocenters. The molecule has 0 bridgehead atoms. The lowest BCUT2D eigenvalue weighted by atomic mass is 10.2. The van der Waals surface area contributed by atoms with E-state index in [1.54, 1.807) is 18.6 Å². The molecule has 1 aromatic carbocycles. The molecular weight excluding hydrogens is 296 g/mol. The zero-order valence-electron chi connectivity index (χ0n) is 9.32. The van der Waals surface area contributed by atoms with Crippen LogP contribution in [-0.2, 0) is 6.54 Å². The van der Waals surface area contributed by atoms with E-state index in [9.17, 15) is 4.79 Å². The molecule has 90 valence electrons. The third kappa shape index (κ3) is 1.95. The summed E-state index contributed by atoms with van der Waals surface area (Å²) < 4.78 is 3.89. The first-order valence-corrected chi connectivity index (χ1v) is 6.17. The highest BCUT2D eigenvalue weighted by Gasteiger charge is 2.06. The maximum Gasteiger partial charge on any atom is 0.350 e. The van der Waals surface area contributed by atoms with Gasteiger partial charge in [0.15, 0.2) is 5.65 Å². The van der Waals surface area contributed by atoms with Gasteiger partial charge in [-0.25, -0.2) is 13.9 Å². The van der Waals surface area contributed by atoms with Crippen molar-refractivity contribution in [1.82, 2.24) is 19.2 Å². The molecule has 0 saturated heterocycles. The Hall–Kier alpha value is -1.95. The summed E-state index contributed by atoms with van der Waals surface area (Å²) in [5, 5.41) is 4.23. The minimum atomic E-state index is -0.160. The minimum absolute atomic E-state index is 0.160. The summed E-state index contributed by atoms with van der Waals surface area (Å²) in [6.45, 7) is 0.444. The van der Waals surface area contributed by atoms with Gasteiger partial charge in [-0.2, -0.15) is 0 Å². The van der Waals surface area contributed by atoms with Gasteiger partial charge >= 0.3 is 5.69 Å². The molecule has 0 saturated carbocycles. The summed E-state index contributed by atoms with van der Waals surface area (Å²) in [7, 11) is 0. The molecule has 0 unspecified atom stereocenters. The highest BCUT2D eigenvalue weighted by atomic mass is 79.9. The molecule has 18 heavy (non-hydrogen) atoms. The number of hydrogen-bond acceptors (Lipinski definition) is 3. The summed E-state index contributed by atoms with van der Waals surface area (Å²) in [4.78, 5) is 16.0. The van der Waals surface area contributed by atoms with Crippen LogP contribution in [-0.4, -0.2) is 19.2 Å². The smallest absolute Gasteiger partial charge is 0.259 e. The monoisotopic (exact) mass is 304 g/mol. The quantitative estimate of drug-likeness (QED) is 0.724. The Kier molecular flexibility index (Phi) is 2.71. The van der Waals surface area contributed by atoms with Crippen molar-refractivity contribution in [2.24, 2.45) is 0 Å². The molecule has 0 aliphatic rings.